The second-order valence-corrected chi connectivity index (χ2v) is 3.92. The van der Waals surface area contributed by atoms with Crippen molar-refractivity contribution in [2.45, 2.75) is 12.5 Å². The predicted octanol–water partition coefficient (Wildman–Crippen LogP) is 1.81. The van der Waals surface area contributed by atoms with Crippen LogP contribution in [0.1, 0.15) is 18.0 Å². The van der Waals surface area contributed by atoms with Crippen LogP contribution in [0, 0.1) is 9.39 Å². The number of hydrogen-bond donors (Lipinski definition) is 2. The lowest BCUT2D eigenvalue weighted by Gasteiger charge is -2.11. The third-order valence-electron chi connectivity index (χ3n) is 1.82. The Morgan fingerprint density at radius 2 is 2.23 bits per heavy atom. The zero-order valence-corrected chi connectivity index (χ0v) is 9.16. The summed E-state index contributed by atoms with van der Waals surface area (Å²) in [5.74, 6) is -0.274. The molecule has 0 saturated heterocycles. The Bertz CT molecular complexity index is 293. The van der Waals surface area contributed by atoms with Crippen LogP contribution in [0.15, 0.2) is 18.2 Å². The lowest BCUT2D eigenvalue weighted by atomic mass is 10.0. The van der Waals surface area contributed by atoms with Gasteiger partial charge in [0.2, 0.25) is 0 Å². The van der Waals surface area contributed by atoms with Gasteiger partial charge in [0, 0.05) is 21.8 Å². The fraction of sp³-hybridized carbons (Fsp3) is 0.333. The molecule has 0 bridgehead atoms. The number of rotatable bonds is 3. The van der Waals surface area contributed by atoms with E-state index in [1.165, 1.54) is 0 Å². The van der Waals surface area contributed by atoms with E-state index in [9.17, 15) is 4.39 Å². The van der Waals surface area contributed by atoms with Crippen LogP contribution < -0.4 is 5.73 Å². The number of nitrogens with two attached hydrogens (primary N) is 1. The summed E-state index contributed by atoms with van der Waals surface area (Å²) >= 11 is 1.92. The Kier molecular flexibility index (Phi) is 4.08. The van der Waals surface area contributed by atoms with Crippen molar-refractivity contribution >= 4 is 22.6 Å². The molecule has 1 rings (SSSR count). The summed E-state index contributed by atoms with van der Waals surface area (Å²) in [5, 5.41) is 8.65. The normalized spacial score (nSPS) is 12.9. The first-order valence-corrected chi connectivity index (χ1v) is 5.05. The molecule has 0 aliphatic heterocycles. The third kappa shape index (κ3) is 2.62. The van der Waals surface area contributed by atoms with Gasteiger partial charge in [0.1, 0.15) is 5.82 Å². The Morgan fingerprint density at radius 1 is 1.54 bits per heavy atom. The molecule has 4 heteroatoms. The number of aliphatic hydroxyl groups is 1. The maximum absolute atomic E-state index is 13.4. The molecule has 0 saturated carbocycles. The van der Waals surface area contributed by atoms with Crippen LogP contribution in [0.3, 0.4) is 0 Å². The molecule has 1 aromatic rings. The van der Waals surface area contributed by atoms with Gasteiger partial charge in [0.25, 0.3) is 0 Å². The topological polar surface area (TPSA) is 46.2 Å². The lowest BCUT2D eigenvalue weighted by molar-refractivity contribution is 0.275. The third-order valence-corrected chi connectivity index (χ3v) is 2.65. The van der Waals surface area contributed by atoms with Crippen LogP contribution in [-0.4, -0.2) is 11.7 Å². The van der Waals surface area contributed by atoms with Crippen molar-refractivity contribution in [1.82, 2.24) is 0 Å². The Balaban J connectivity index is 2.93. The molecule has 3 N–H and O–H groups in total. The number of aliphatic hydroxyl groups excluding tert-OH is 1. The van der Waals surface area contributed by atoms with E-state index in [1.807, 2.05) is 22.6 Å². The molecule has 13 heavy (non-hydrogen) atoms. The number of benzene rings is 1. The molecular formula is C9H11FINO. The van der Waals surface area contributed by atoms with E-state index in [0.717, 1.165) is 0 Å². The quantitative estimate of drug-likeness (QED) is 0.836. The minimum atomic E-state index is -0.417. The summed E-state index contributed by atoms with van der Waals surface area (Å²) in [7, 11) is 0. The van der Waals surface area contributed by atoms with Crippen LogP contribution in [0.4, 0.5) is 4.39 Å². The van der Waals surface area contributed by atoms with Crippen molar-refractivity contribution in [2.24, 2.45) is 5.73 Å². The highest BCUT2D eigenvalue weighted by atomic mass is 127. The van der Waals surface area contributed by atoms with Crippen molar-refractivity contribution in [3.8, 4) is 0 Å². The highest BCUT2D eigenvalue weighted by molar-refractivity contribution is 14.1. The van der Waals surface area contributed by atoms with Gasteiger partial charge in [-0.2, -0.15) is 0 Å². The smallest absolute Gasteiger partial charge is 0.141 e. The standard InChI is InChI=1S/C9H11FINO/c10-9-6(8(12)4-5-13)2-1-3-7(9)11/h1-3,8,13H,4-5,12H2/t8-/m1/s1. The molecule has 0 radical (unpaired) electrons. The fourth-order valence-electron chi connectivity index (χ4n) is 1.10. The SMILES string of the molecule is N[C@H](CCO)c1cccc(I)c1F. The summed E-state index contributed by atoms with van der Waals surface area (Å²) in [6.45, 7) is -0.0217. The van der Waals surface area contributed by atoms with Gasteiger partial charge in [0.05, 0.1) is 0 Å². The molecule has 72 valence electrons. The summed E-state index contributed by atoms with van der Waals surface area (Å²) in [4.78, 5) is 0. The van der Waals surface area contributed by atoms with Gasteiger partial charge >= 0.3 is 0 Å². The average Bonchev–Trinajstić information content (AvgIpc) is 2.10. The van der Waals surface area contributed by atoms with Crippen LogP contribution in [-0.2, 0) is 0 Å². The predicted molar refractivity (Wildman–Crippen MR) is 57.7 cm³/mol. The molecule has 0 heterocycles. The zero-order chi connectivity index (χ0) is 9.84. The molecule has 0 fully saturated rings. The van der Waals surface area contributed by atoms with Gasteiger partial charge in [-0.1, -0.05) is 12.1 Å². The first kappa shape index (κ1) is 10.9. The van der Waals surface area contributed by atoms with E-state index < -0.39 is 6.04 Å². The molecule has 0 aromatic heterocycles. The number of hydrogen-bond acceptors (Lipinski definition) is 2. The molecule has 2 nitrogen and oxygen atoms in total. The van der Waals surface area contributed by atoms with Crippen molar-refractivity contribution in [3.63, 3.8) is 0 Å². The van der Waals surface area contributed by atoms with E-state index in [1.54, 1.807) is 18.2 Å². The minimum absolute atomic E-state index is 0.0217. The van der Waals surface area contributed by atoms with E-state index in [4.69, 9.17) is 10.8 Å². The summed E-state index contributed by atoms with van der Waals surface area (Å²) in [6, 6.07) is 4.68. The maximum atomic E-state index is 13.4. The lowest BCUT2D eigenvalue weighted by Crippen LogP contribution is -2.14. The van der Waals surface area contributed by atoms with E-state index in [-0.39, 0.29) is 12.4 Å². The Labute approximate surface area is 90.1 Å². The Hall–Kier alpha value is -0.200. The first-order chi connectivity index (χ1) is 6.16. The van der Waals surface area contributed by atoms with Gasteiger partial charge in [-0.05, 0) is 35.1 Å². The molecule has 0 aliphatic rings. The highest BCUT2D eigenvalue weighted by Gasteiger charge is 2.12. The summed E-state index contributed by atoms with van der Waals surface area (Å²) in [5.41, 5.74) is 6.14. The fourth-order valence-corrected chi connectivity index (χ4v) is 1.62. The summed E-state index contributed by atoms with van der Waals surface area (Å²) in [6.07, 6.45) is 0.386. The minimum Gasteiger partial charge on any atom is -0.396 e. The second kappa shape index (κ2) is 4.88. The van der Waals surface area contributed by atoms with Gasteiger partial charge < -0.3 is 10.8 Å². The van der Waals surface area contributed by atoms with Crippen LogP contribution >= 0.6 is 22.6 Å². The van der Waals surface area contributed by atoms with Crippen molar-refractivity contribution in [3.05, 3.63) is 33.1 Å². The molecular weight excluding hydrogens is 284 g/mol. The second-order valence-electron chi connectivity index (χ2n) is 2.76. The Morgan fingerprint density at radius 3 is 2.85 bits per heavy atom. The van der Waals surface area contributed by atoms with Crippen LogP contribution in [0.5, 0.6) is 0 Å². The maximum Gasteiger partial charge on any atom is 0.141 e. The van der Waals surface area contributed by atoms with Crippen molar-refractivity contribution in [1.29, 1.82) is 0 Å². The molecule has 0 amide bonds. The largest absolute Gasteiger partial charge is 0.396 e. The zero-order valence-electron chi connectivity index (χ0n) is 7.00. The van der Waals surface area contributed by atoms with Gasteiger partial charge in [-0.3, -0.25) is 0 Å². The van der Waals surface area contributed by atoms with Gasteiger partial charge in [-0.25, -0.2) is 4.39 Å². The van der Waals surface area contributed by atoms with Crippen molar-refractivity contribution < 1.29 is 9.50 Å². The monoisotopic (exact) mass is 295 g/mol. The molecule has 1 aromatic carbocycles. The van der Waals surface area contributed by atoms with E-state index in [0.29, 0.717) is 15.6 Å². The number of halogens is 2. The van der Waals surface area contributed by atoms with Crippen LogP contribution in [0.25, 0.3) is 0 Å². The average molecular weight is 295 g/mol. The van der Waals surface area contributed by atoms with E-state index in [2.05, 4.69) is 0 Å². The molecule has 0 spiro atoms. The molecule has 0 unspecified atom stereocenters. The van der Waals surface area contributed by atoms with Crippen molar-refractivity contribution in [2.75, 3.05) is 6.61 Å². The first-order valence-electron chi connectivity index (χ1n) is 3.97. The van der Waals surface area contributed by atoms with Gasteiger partial charge in [0.15, 0.2) is 0 Å². The van der Waals surface area contributed by atoms with Gasteiger partial charge in [-0.15, -0.1) is 0 Å². The van der Waals surface area contributed by atoms with E-state index >= 15 is 0 Å². The highest BCUT2D eigenvalue weighted by Crippen LogP contribution is 2.21. The summed E-state index contributed by atoms with van der Waals surface area (Å²) < 4.78 is 14.0. The van der Waals surface area contributed by atoms with Crippen LogP contribution in [0.2, 0.25) is 0 Å². The molecule has 1 atom stereocenters. The molecule has 0 aliphatic carbocycles.